The zero-order valence-electron chi connectivity index (χ0n) is 10.4. The molecular weight excluding hydrogens is 360 g/mol. The quantitative estimate of drug-likeness (QED) is 0.896. The van der Waals surface area contributed by atoms with Gasteiger partial charge in [0.1, 0.15) is 5.69 Å². The predicted octanol–water partition coefficient (Wildman–Crippen LogP) is 3.38. The van der Waals surface area contributed by atoms with E-state index in [0.717, 1.165) is 26.0 Å². The number of hydrogen-bond donors (Lipinski definition) is 1. The highest BCUT2D eigenvalue weighted by Gasteiger charge is 2.16. The molecule has 0 radical (unpaired) electrons. The van der Waals surface area contributed by atoms with Gasteiger partial charge in [-0.25, -0.2) is 4.68 Å². The second-order valence-corrected chi connectivity index (χ2v) is 5.85. The molecule has 1 N–H and O–H groups in total. The Hall–Kier alpha value is -0.720. The normalized spacial score (nSPS) is 12.7. The molecule has 4 nitrogen and oxygen atoms in total. The molecule has 0 saturated heterocycles. The fourth-order valence-electron chi connectivity index (χ4n) is 1.75. The van der Waals surface area contributed by atoms with Crippen LogP contribution in [0.25, 0.3) is 5.69 Å². The Labute approximate surface area is 123 Å². The van der Waals surface area contributed by atoms with Crippen molar-refractivity contribution >= 4 is 31.9 Å². The van der Waals surface area contributed by atoms with Crippen LogP contribution in [-0.2, 0) is 0 Å². The van der Waals surface area contributed by atoms with Crippen molar-refractivity contribution in [2.24, 2.45) is 0 Å². The molecule has 0 aliphatic carbocycles. The average molecular weight is 374 g/mol. The van der Waals surface area contributed by atoms with E-state index in [1.807, 2.05) is 36.9 Å². The van der Waals surface area contributed by atoms with Crippen LogP contribution in [0.3, 0.4) is 0 Å². The van der Waals surface area contributed by atoms with Crippen molar-refractivity contribution in [2.45, 2.75) is 19.9 Å². The number of nitrogens with one attached hydrogen (secondary N) is 1. The summed E-state index contributed by atoms with van der Waals surface area (Å²) in [6.07, 6.45) is 0. The molecule has 1 unspecified atom stereocenters. The van der Waals surface area contributed by atoms with Crippen LogP contribution in [-0.4, -0.2) is 22.0 Å². The van der Waals surface area contributed by atoms with Crippen LogP contribution in [0.2, 0.25) is 0 Å². The zero-order chi connectivity index (χ0) is 13.3. The average Bonchev–Trinajstić information content (AvgIpc) is 2.73. The molecule has 1 atom stereocenters. The third kappa shape index (κ3) is 2.50. The van der Waals surface area contributed by atoms with Gasteiger partial charge in [0.2, 0.25) is 0 Å². The third-order valence-corrected chi connectivity index (χ3v) is 4.07. The summed E-state index contributed by atoms with van der Waals surface area (Å²) in [5.74, 6) is 0. The maximum atomic E-state index is 4.25. The zero-order valence-corrected chi connectivity index (χ0v) is 13.6. The lowest BCUT2D eigenvalue weighted by molar-refractivity contribution is 0.627. The molecule has 0 amide bonds. The number of nitrogens with zero attached hydrogens (tertiary/aromatic N) is 3. The van der Waals surface area contributed by atoms with E-state index in [4.69, 9.17) is 0 Å². The van der Waals surface area contributed by atoms with Crippen LogP contribution in [0.1, 0.15) is 24.4 Å². The van der Waals surface area contributed by atoms with Crippen molar-refractivity contribution in [1.29, 1.82) is 0 Å². The Morgan fingerprint density at radius 2 is 2.06 bits per heavy atom. The molecule has 18 heavy (non-hydrogen) atoms. The second-order valence-electron chi connectivity index (χ2n) is 4.08. The first-order valence-corrected chi connectivity index (χ1v) is 7.18. The molecule has 1 aromatic heterocycles. The molecule has 2 aromatic rings. The number of benzene rings is 1. The van der Waals surface area contributed by atoms with Gasteiger partial charge in [-0.1, -0.05) is 21.1 Å². The molecule has 96 valence electrons. The summed E-state index contributed by atoms with van der Waals surface area (Å²) >= 11 is 7.01. The molecule has 0 saturated carbocycles. The minimum Gasteiger partial charge on any atom is -0.312 e. The molecule has 0 fully saturated rings. The lowest BCUT2D eigenvalue weighted by atomic mass is 10.2. The van der Waals surface area contributed by atoms with Crippen molar-refractivity contribution in [2.75, 3.05) is 7.05 Å². The van der Waals surface area contributed by atoms with Gasteiger partial charge in [0.05, 0.1) is 17.4 Å². The van der Waals surface area contributed by atoms with Gasteiger partial charge < -0.3 is 5.32 Å². The van der Waals surface area contributed by atoms with Gasteiger partial charge in [0, 0.05) is 8.95 Å². The van der Waals surface area contributed by atoms with Crippen molar-refractivity contribution in [3.05, 3.63) is 38.5 Å². The van der Waals surface area contributed by atoms with Crippen LogP contribution in [0.15, 0.2) is 27.1 Å². The summed E-state index contributed by atoms with van der Waals surface area (Å²) in [4.78, 5) is 0. The Kier molecular flexibility index (Phi) is 4.19. The van der Waals surface area contributed by atoms with Crippen molar-refractivity contribution in [3.8, 4) is 5.69 Å². The van der Waals surface area contributed by atoms with Gasteiger partial charge in [0.25, 0.3) is 0 Å². The number of aromatic nitrogens is 3. The second kappa shape index (κ2) is 5.50. The third-order valence-electron chi connectivity index (χ3n) is 2.91. The molecule has 6 heteroatoms. The Morgan fingerprint density at radius 1 is 1.33 bits per heavy atom. The van der Waals surface area contributed by atoms with Crippen LogP contribution in [0.4, 0.5) is 0 Å². The topological polar surface area (TPSA) is 42.7 Å². The van der Waals surface area contributed by atoms with Crippen LogP contribution < -0.4 is 5.32 Å². The van der Waals surface area contributed by atoms with Gasteiger partial charge >= 0.3 is 0 Å². The summed E-state index contributed by atoms with van der Waals surface area (Å²) in [6, 6.07) is 6.17. The first-order chi connectivity index (χ1) is 8.54. The van der Waals surface area contributed by atoms with E-state index in [2.05, 4.69) is 54.4 Å². The Bertz CT molecular complexity index is 565. The van der Waals surface area contributed by atoms with Gasteiger partial charge in [-0.15, -0.1) is 5.10 Å². The minimum absolute atomic E-state index is 0.185. The fraction of sp³-hybridized carbons (Fsp3) is 0.333. The summed E-state index contributed by atoms with van der Waals surface area (Å²) in [5, 5.41) is 11.7. The van der Waals surface area contributed by atoms with E-state index < -0.39 is 0 Å². The van der Waals surface area contributed by atoms with Gasteiger partial charge in [-0.2, -0.15) is 0 Å². The minimum atomic E-state index is 0.185. The summed E-state index contributed by atoms with van der Waals surface area (Å²) in [6.45, 7) is 4.09. The highest BCUT2D eigenvalue weighted by Crippen LogP contribution is 2.26. The van der Waals surface area contributed by atoms with E-state index >= 15 is 0 Å². The number of rotatable bonds is 3. The highest BCUT2D eigenvalue weighted by molar-refractivity contribution is 9.11. The van der Waals surface area contributed by atoms with Crippen LogP contribution >= 0.6 is 31.9 Å². The fourth-order valence-corrected chi connectivity index (χ4v) is 2.52. The molecule has 1 heterocycles. The lowest BCUT2D eigenvalue weighted by Crippen LogP contribution is -2.14. The van der Waals surface area contributed by atoms with Crippen LogP contribution in [0.5, 0.6) is 0 Å². The standard InChI is InChI=1S/C12H14Br2N4/c1-7(15-3)12-8(2)18(17-16-12)11-6-9(13)4-5-10(11)14/h4-7,15H,1-3H3. The molecule has 2 rings (SSSR count). The smallest absolute Gasteiger partial charge is 0.103 e. The summed E-state index contributed by atoms with van der Waals surface area (Å²) in [7, 11) is 1.91. The molecule has 1 aromatic carbocycles. The van der Waals surface area contributed by atoms with Gasteiger partial charge in [0.15, 0.2) is 0 Å². The highest BCUT2D eigenvalue weighted by atomic mass is 79.9. The van der Waals surface area contributed by atoms with E-state index in [-0.39, 0.29) is 6.04 Å². The molecular formula is C12H14Br2N4. The predicted molar refractivity (Wildman–Crippen MR) is 79.0 cm³/mol. The first-order valence-electron chi connectivity index (χ1n) is 5.59. The van der Waals surface area contributed by atoms with Crippen molar-refractivity contribution in [1.82, 2.24) is 20.3 Å². The lowest BCUT2D eigenvalue weighted by Gasteiger charge is -2.09. The van der Waals surface area contributed by atoms with Crippen molar-refractivity contribution in [3.63, 3.8) is 0 Å². The van der Waals surface area contributed by atoms with Crippen LogP contribution in [0, 0.1) is 6.92 Å². The molecule has 0 aliphatic heterocycles. The summed E-state index contributed by atoms with van der Waals surface area (Å²) < 4.78 is 3.85. The van der Waals surface area contributed by atoms with E-state index in [1.54, 1.807) is 0 Å². The molecule has 0 bridgehead atoms. The van der Waals surface area contributed by atoms with Gasteiger partial charge in [-0.3, -0.25) is 0 Å². The SMILES string of the molecule is CNC(C)c1nnn(-c2cc(Br)ccc2Br)c1C. The first kappa shape index (κ1) is 13.7. The molecule has 0 aliphatic rings. The van der Waals surface area contributed by atoms with Gasteiger partial charge in [-0.05, 0) is 55.0 Å². The maximum Gasteiger partial charge on any atom is 0.103 e. The van der Waals surface area contributed by atoms with E-state index in [9.17, 15) is 0 Å². The Morgan fingerprint density at radius 3 is 2.72 bits per heavy atom. The summed E-state index contributed by atoms with van der Waals surface area (Å²) in [5.41, 5.74) is 2.98. The van der Waals surface area contributed by atoms with E-state index in [0.29, 0.717) is 0 Å². The molecule has 0 spiro atoms. The Balaban J connectivity index is 2.52. The largest absolute Gasteiger partial charge is 0.312 e. The maximum absolute atomic E-state index is 4.25. The number of hydrogen-bond acceptors (Lipinski definition) is 3. The number of halogens is 2. The van der Waals surface area contributed by atoms with Crippen molar-refractivity contribution < 1.29 is 0 Å². The monoisotopic (exact) mass is 372 g/mol. The van der Waals surface area contributed by atoms with E-state index in [1.165, 1.54) is 0 Å².